The van der Waals surface area contributed by atoms with Crippen molar-refractivity contribution in [2.75, 3.05) is 11.5 Å². The molecule has 0 spiro atoms. The monoisotopic (exact) mass is 205 g/mol. The molecule has 1 heterocycles. The summed E-state index contributed by atoms with van der Waals surface area (Å²) in [6.07, 6.45) is 0. The number of benzene rings is 1. The van der Waals surface area contributed by atoms with E-state index in [2.05, 4.69) is 4.37 Å². The second kappa shape index (κ2) is 3.31. The fourth-order valence-corrected chi connectivity index (χ4v) is 2.08. The third-order valence-electron chi connectivity index (χ3n) is 2.03. The van der Waals surface area contributed by atoms with E-state index in [9.17, 15) is 0 Å². The summed E-state index contributed by atoms with van der Waals surface area (Å²) < 4.78 is 4.21. The summed E-state index contributed by atoms with van der Waals surface area (Å²) in [5, 5.41) is 0. The Bertz CT molecular complexity index is 462. The zero-order chi connectivity index (χ0) is 10.1. The summed E-state index contributed by atoms with van der Waals surface area (Å²) in [5.74, 6) is 0. The Morgan fingerprint density at radius 2 is 2.07 bits per heavy atom. The van der Waals surface area contributed by atoms with Crippen molar-refractivity contribution in [2.24, 2.45) is 0 Å². The highest BCUT2D eigenvalue weighted by molar-refractivity contribution is 7.09. The maximum absolute atomic E-state index is 5.88. The molecule has 1 aromatic carbocycles. The van der Waals surface area contributed by atoms with Crippen molar-refractivity contribution in [1.29, 1.82) is 0 Å². The first-order chi connectivity index (χ1) is 6.68. The zero-order valence-corrected chi connectivity index (χ0v) is 8.64. The molecule has 4 heteroatoms. The van der Waals surface area contributed by atoms with Crippen molar-refractivity contribution in [2.45, 2.75) is 6.92 Å². The molecule has 2 aromatic rings. The minimum atomic E-state index is 0.619. The van der Waals surface area contributed by atoms with Crippen LogP contribution in [-0.2, 0) is 0 Å². The van der Waals surface area contributed by atoms with E-state index in [1.165, 1.54) is 11.5 Å². The Labute approximate surface area is 86.5 Å². The number of nitrogens with two attached hydrogens (primary N) is 2. The van der Waals surface area contributed by atoms with Gasteiger partial charge < -0.3 is 11.5 Å². The van der Waals surface area contributed by atoms with Crippen LogP contribution in [0.25, 0.3) is 10.4 Å². The lowest BCUT2D eigenvalue weighted by atomic mass is 10.1. The SMILES string of the molecule is Cc1cc(-c2cccc(N)c2N)sn1. The maximum Gasteiger partial charge on any atom is 0.0636 e. The van der Waals surface area contributed by atoms with Crippen LogP contribution in [-0.4, -0.2) is 4.37 Å². The van der Waals surface area contributed by atoms with Gasteiger partial charge in [-0.05, 0) is 30.6 Å². The molecule has 0 amide bonds. The standard InChI is InChI=1S/C10H11N3S/c1-6-5-9(14-13-6)7-3-2-4-8(11)10(7)12/h2-5H,11-12H2,1H3. The first-order valence-electron chi connectivity index (χ1n) is 4.26. The summed E-state index contributed by atoms with van der Waals surface area (Å²) >= 11 is 1.44. The lowest BCUT2D eigenvalue weighted by molar-refractivity contribution is 1.35. The van der Waals surface area contributed by atoms with Crippen LogP contribution in [0.15, 0.2) is 24.3 Å². The number of anilines is 2. The first kappa shape index (κ1) is 9.02. The van der Waals surface area contributed by atoms with E-state index in [-0.39, 0.29) is 0 Å². The molecule has 0 saturated carbocycles. The molecule has 0 saturated heterocycles. The van der Waals surface area contributed by atoms with Crippen LogP contribution in [0.1, 0.15) is 5.69 Å². The Balaban J connectivity index is 2.57. The van der Waals surface area contributed by atoms with Gasteiger partial charge >= 0.3 is 0 Å². The molecule has 4 N–H and O–H groups in total. The maximum atomic E-state index is 5.88. The van der Waals surface area contributed by atoms with E-state index < -0.39 is 0 Å². The van der Waals surface area contributed by atoms with Gasteiger partial charge in [0.1, 0.15) is 0 Å². The highest BCUT2D eigenvalue weighted by Crippen LogP contribution is 2.32. The van der Waals surface area contributed by atoms with Gasteiger partial charge in [0, 0.05) is 5.56 Å². The van der Waals surface area contributed by atoms with Gasteiger partial charge in [0.15, 0.2) is 0 Å². The lowest BCUT2D eigenvalue weighted by Gasteiger charge is -2.04. The van der Waals surface area contributed by atoms with Crippen molar-refractivity contribution < 1.29 is 0 Å². The van der Waals surface area contributed by atoms with Crippen LogP contribution in [0.5, 0.6) is 0 Å². The van der Waals surface area contributed by atoms with E-state index in [0.717, 1.165) is 16.1 Å². The van der Waals surface area contributed by atoms with Gasteiger partial charge in [-0.25, -0.2) is 0 Å². The second-order valence-electron chi connectivity index (χ2n) is 3.14. The van der Waals surface area contributed by atoms with Gasteiger partial charge in [-0.1, -0.05) is 12.1 Å². The molecule has 0 bridgehead atoms. The number of hydrogen-bond donors (Lipinski definition) is 2. The van der Waals surface area contributed by atoms with Gasteiger partial charge in [0.05, 0.1) is 21.9 Å². The summed E-state index contributed by atoms with van der Waals surface area (Å²) in [4.78, 5) is 1.06. The summed E-state index contributed by atoms with van der Waals surface area (Å²) in [5.41, 5.74) is 14.8. The molecule has 0 unspecified atom stereocenters. The molecule has 0 aliphatic heterocycles. The predicted molar refractivity (Wildman–Crippen MR) is 61.1 cm³/mol. The third-order valence-corrected chi connectivity index (χ3v) is 2.95. The highest BCUT2D eigenvalue weighted by atomic mass is 32.1. The number of nitrogens with zero attached hydrogens (tertiary/aromatic N) is 1. The van der Waals surface area contributed by atoms with Gasteiger partial charge in [-0.3, -0.25) is 0 Å². The highest BCUT2D eigenvalue weighted by Gasteiger charge is 2.07. The Kier molecular flexibility index (Phi) is 2.13. The molecule has 0 atom stereocenters. The minimum absolute atomic E-state index is 0.619. The van der Waals surface area contributed by atoms with Crippen LogP contribution in [0.3, 0.4) is 0 Å². The quantitative estimate of drug-likeness (QED) is 0.702. The van der Waals surface area contributed by atoms with Crippen molar-refractivity contribution in [3.05, 3.63) is 30.0 Å². The number of hydrogen-bond acceptors (Lipinski definition) is 4. The van der Waals surface area contributed by atoms with Crippen molar-refractivity contribution in [3.63, 3.8) is 0 Å². The fourth-order valence-electron chi connectivity index (χ4n) is 1.29. The van der Waals surface area contributed by atoms with E-state index in [0.29, 0.717) is 11.4 Å². The zero-order valence-electron chi connectivity index (χ0n) is 7.82. The molecule has 72 valence electrons. The Morgan fingerprint density at radius 1 is 1.29 bits per heavy atom. The van der Waals surface area contributed by atoms with Crippen molar-refractivity contribution >= 4 is 22.9 Å². The van der Waals surface area contributed by atoms with E-state index >= 15 is 0 Å². The smallest absolute Gasteiger partial charge is 0.0636 e. The molecule has 2 rings (SSSR count). The molecule has 3 nitrogen and oxygen atoms in total. The summed E-state index contributed by atoms with van der Waals surface area (Å²) in [7, 11) is 0. The van der Waals surface area contributed by atoms with Gasteiger partial charge in [0.25, 0.3) is 0 Å². The average molecular weight is 205 g/mol. The average Bonchev–Trinajstić information content (AvgIpc) is 2.57. The first-order valence-corrected chi connectivity index (χ1v) is 5.03. The summed E-state index contributed by atoms with van der Waals surface area (Å²) in [6, 6.07) is 7.66. The molecule has 1 aromatic heterocycles. The van der Waals surface area contributed by atoms with Gasteiger partial charge in [-0.2, -0.15) is 4.37 Å². The van der Waals surface area contributed by atoms with Crippen molar-refractivity contribution in [1.82, 2.24) is 4.37 Å². The number of para-hydroxylation sites is 1. The van der Waals surface area contributed by atoms with Crippen LogP contribution in [0.4, 0.5) is 11.4 Å². The third kappa shape index (κ3) is 1.44. The van der Waals surface area contributed by atoms with Crippen LogP contribution in [0, 0.1) is 6.92 Å². The van der Waals surface area contributed by atoms with Crippen LogP contribution >= 0.6 is 11.5 Å². The van der Waals surface area contributed by atoms with Gasteiger partial charge in [-0.15, -0.1) is 0 Å². The number of aromatic nitrogens is 1. The Hall–Kier alpha value is -1.55. The number of nitrogen functional groups attached to an aromatic ring is 2. The lowest BCUT2D eigenvalue weighted by Crippen LogP contribution is -1.95. The number of aryl methyl sites for hydroxylation is 1. The van der Waals surface area contributed by atoms with E-state index in [1.807, 2.05) is 25.1 Å². The fraction of sp³-hybridized carbons (Fsp3) is 0.100. The molecule has 0 radical (unpaired) electrons. The summed E-state index contributed by atoms with van der Waals surface area (Å²) in [6.45, 7) is 1.96. The van der Waals surface area contributed by atoms with E-state index in [1.54, 1.807) is 6.07 Å². The molecule has 0 aliphatic carbocycles. The topological polar surface area (TPSA) is 64.9 Å². The second-order valence-corrected chi connectivity index (χ2v) is 3.95. The molecular formula is C10H11N3S. The largest absolute Gasteiger partial charge is 0.397 e. The van der Waals surface area contributed by atoms with Crippen LogP contribution in [0.2, 0.25) is 0 Å². The molecule has 0 aliphatic rings. The van der Waals surface area contributed by atoms with Crippen molar-refractivity contribution in [3.8, 4) is 10.4 Å². The van der Waals surface area contributed by atoms with E-state index in [4.69, 9.17) is 11.5 Å². The molecule has 0 fully saturated rings. The van der Waals surface area contributed by atoms with Gasteiger partial charge in [0.2, 0.25) is 0 Å². The molecule has 14 heavy (non-hydrogen) atoms. The number of rotatable bonds is 1. The normalized spacial score (nSPS) is 10.4. The van der Waals surface area contributed by atoms with Crippen LogP contribution < -0.4 is 11.5 Å². The Morgan fingerprint density at radius 3 is 2.71 bits per heavy atom. The minimum Gasteiger partial charge on any atom is -0.397 e. The predicted octanol–water partition coefficient (Wildman–Crippen LogP) is 2.28. The molecular weight excluding hydrogens is 194 g/mol.